The van der Waals surface area contributed by atoms with Gasteiger partial charge in [0, 0.05) is 6.42 Å². The van der Waals surface area contributed by atoms with E-state index in [-0.39, 0.29) is 0 Å². The molecule has 15 nitrogen and oxygen atoms in total. The van der Waals surface area contributed by atoms with E-state index in [1.54, 1.807) is 0 Å². The van der Waals surface area contributed by atoms with Crippen molar-refractivity contribution >= 4 is 41.5 Å². The summed E-state index contributed by atoms with van der Waals surface area (Å²) in [6, 6.07) is -5.88. The van der Waals surface area contributed by atoms with E-state index in [4.69, 9.17) is 27.4 Å². The van der Waals surface area contributed by atoms with Crippen molar-refractivity contribution in [2.75, 3.05) is 0 Å². The number of amides is 5. The fourth-order valence-electron chi connectivity index (χ4n) is 2.18. The average Bonchev–Trinajstić information content (AvgIpc) is 2.62. The van der Waals surface area contributed by atoms with Gasteiger partial charge in [0.25, 0.3) is 0 Å². The molecule has 0 aromatic rings. The van der Waals surface area contributed by atoms with E-state index in [9.17, 15) is 33.6 Å². The van der Waals surface area contributed by atoms with Crippen molar-refractivity contribution in [1.29, 1.82) is 0 Å². The topological polar surface area (TPSA) is 274 Å². The number of rotatable bonds is 14. The fraction of sp³-hybridized carbons (Fsp3) is 0.562. The van der Waals surface area contributed by atoms with E-state index >= 15 is 0 Å². The van der Waals surface area contributed by atoms with Crippen LogP contribution < -0.4 is 33.2 Å². The Kier molecular flexibility index (Phi) is 11.2. The van der Waals surface area contributed by atoms with Gasteiger partial charge in [-0.1, -0.05) is 0 Å². The highest BCUT2D eigenvalue weighted by Gasteiger charge is 2.30. The number of primary amides is 2. The molecule has 15 heteroatoms. The van der Waals surface area contributed by atoms with Gasteiger partial charge in [-0.2, -0.15) is 0 Å². The van der Waals surface area contributed by atoms with Crippen molar-refractivity contribution in [1.82, 2.24) is 16.0 Å². The summed E-state index contributed by atoms with van der Waals surface area (Å²) in [4.78, 5) is 80.7. The number of carboxylic acids is 2. The zero-order valence-electron chi connectivity index (χ0n) is 16.6. The highest BCUT2D eigenvalue weighted by atomic mass is 16.4. The van der Waals surface area contributed by atoms with Crippen molar-refractivity contribution in [2.45, 2.75) is 56.8 Å². The number of carbonyl (C=O) groups is 7. The van der Waals surface area contributed by atoms with Crippen LogP contribution in [0.4, 0.5) is 0 Å². The first kappa shape index (κ1) is 27.2. The lowest BCUT2D eigenvalue weighted by Crippen LogP contribution is -2.57. The number of hydrogen-bond donors (Lipinski definition) is 8. The summed E-state index contributed by atoms with van der Waals surface area (Å²) < 4.78 is 0. The van der Waals surface area contributed by atoms with Crippen molar-refractivity contribution in [3.8, 4) is 0 Å². The van der Waals surface area contributed by atoms with Gasteiger partial charge in [0.2, 0.25) is 29.5 Å². The van der Waals surface area contributed by atoms with Crippen LogP contribution in [0, 0.1) is 0 Å². The van der Waals surface area contributed by atoms with Crippen LogP contribution in [0.25, 0.3) is 0 Å². The lowest BCUT2D eigenvalue weighted by molar-refractivity contribution is -0.142. The molecule has 0 saturated carbocycles. The van der Waals surface area contributed by atoms with Crippen molar-refractivity contribution in [2.24, 2.45) is 17.2 Å². The van der Waals surface area contributed by atoms with E-state index in [0.29, 0.717) is 0 Å². The summed E-state index contributed by atoms with van der Waals surface area (Å²) in [6.07, 6.45) is -2.24. The van der Waals surface area contributed by atoms with E-state index in [1.165, 1.54) is 0 Å². The SMILES string of the molecule is CC(NC(=O)C(CCC(=O)O)NC(=O)C(CC(N)=O)NC(=O)C(N)CC(N)=O)C(=O)O. The standard InChI is InChI=1S/C16H26N6O9/c1-6(16(30)31)20-14(28)8(2-3-12(25)26)21-15(29)9(5-11(19)24)22-13(27)7(17)4-10(18)23/h6-9H,2-5,17H2,1H3,(H2,18,23)(H2,19,24)(H,20,28)(H,21,29)(H,22,27)(H,25,26)(H,30,31). The van der Waals surface area contributed by atoms with E-state index in [1.807, 2.05) is 0 Å². The Morgan fingerprint density at radius 1 is 0.774 bits per heavy atom. The molecule has 4 atom stereocenters. The molecule has 4 unspecified atom stereocenters. The number of hydrogen-bond acceptors (Lipinski definition) is 8. The molecule has 0 bridgehead atoms. The molecule has 174 valence electrons. The third-order valence-electron chi connectivity index (χ3n) is 3.81. The molecule has 0 aliphatic carbocycles. The number of nitrogens with one attached hydrogen (secondary N) is 3. The summed E-state index contributed by atoms with van der Waals surface area (Å²) in [5.74, 6) is -7.67. The highest BCUT2D eigenvalue weighted by Crippen LogP contribution is 2.03. The maximum Gasteiger partial charge on any atom is 0.325 e. The summed E-state index contributed by atoms with van der Waals surface area (Å²) in [7, 11) is 0. The lowest BCUT2D eigenvalue weighted by atomic mass is 10.1. The smallest absolute Gasteiger partial charge is 0.325 e. The average molecular weight is 446 g/mol. The molecule has 0 fully saturated rings. The number of nitrogens with two attached hydrogens (primary N) is 3. The van der Waals surface area contributed by atoms with Crippen molar-refractivity contribution in [3.05, 3.63) is 0 Å². The zero-order chi connectivity index (χ0) is 24.3. The maximum absolute atomic E-state index is 12.5. The van der Waals surface area contributed by atoms with Gasteiger partial charge in [-0.15, -0.1) is 0 Å². The second-order valence-corrected chi connectivity index (χ2v) is 6.57. The molecule has 0 rings (SSSR count). The zero-order valence-corrected chi connectivity index (χ0v) is 16.6. The molecular formula is C16H26N6O9. The first-order valence-electron chi connectivity index (χ1n) is 8.92. The van der Waals surface area contributed by atoms with Gasteiger partial charge in [-0.25, -0.2) is 0 Å². The third kappa shape index (κ3) is 11.1. The summed E-state index contributed by atoms with van der Waals surface area (Å²) >= 11 is 0. The molecule has 0 aromatic carbocycles. The quantitative estimate of drug-likeness (QED) is 0.126. The van der Waals surface area contributed by atoms with Gasteiger partial charge < -0.3 is 43.4 Å². The van der Waals surface area contributed by atoms with Gasteiger partial charge >= 0.3 is 11.9 Å². The van der Waals surface area contributed by atoms with Gasteiger partial charge in [0.1, 0.15) is 18.1 Å². The van der Waals surface area contributed by atoms with Crippen LogP contribution in [0.15, 0.2) is 0 Å². The first-order valence-corrected chi connectivity index (χ1v) is 8.92. The molecule has 0 aromatic heterocycles. The molecule has 31 heavy (non-hydrogen) atoms. The Morgan fingerprint density at radius 3 is 1.71 bits per heavy atom. The molecule has 0 radical (unpaired) electrons. The van der Waals surface area contributed by atoms with E-state index < -0.39 is 91.3 Å². The Morgan fingerprint density at radius 2 is 1.26 bits per heavy atom. The Bertz CT molecular complexity index is 741. The van der Waals surface area contributed by atoms with E-state index in [2.05, 4.69) is 16.0 Å². The summed E-state index contributed by atoms with van der Waals surface area (Å²) in [5, 5.41) is 24.0. The largest absolute Gasteiger partial charge is 0.481 e. The van der Waals surface area contributed by atoms with E-state index in [0.717, 1.165) is 6.92 Å². The Hall–Kier alpha value is -3.75. The second-order valence-electron chi connectivity index (χ2n) is 6.57. The van der Waals surface area contributed by atoms with Crippen LogP contribution in [-0.4, -0.2) is 75.9 Å². The molecule has 0 heterocycles. The number of aliphatic carboxylic acids is 2. The van der Waals surface area contributed by atoms with Crippen molar-refractivity contribution < 1.29 is 43.8 Å². The highest BCUT2D eigenvalue weighted by molar-refractivity contribution is 5.96. The van der Waals surface area contributed by atoms with Crippen LogP contribution in [0.3, 0.4) is 0 Å². The molecular weight excluding hydrogens is 420 g/mol. The predicted octanol–water partition coefficient (Wildman–Crippen LogP) is -4.51. The minimum atomic E-state index is -1.61. The van der Waals surface area contributed by atoms with Gasteiger partial charge in [-0.3, -0.25) is 33.6 Å². The van der Waals surface area contributed by atoms with Crippen LogP contribution >= 0.6 is 0 Å². The number of carbonyl (C=O) groups excluding carboxylic acids is 5. The van der Waals surface area contributed by atoms with Crippen LogP contribution in [0.1, 0.15) is 32.6 Å². The summed E-state index contributed by atoms with van der Waals surface area (Å²) in [5.41, 5.74) is 15.5. The maximum atomic E-state index is 12.5. The molecule has 0 saturated heterocycles. The third-order valence-corrected chi connectivity index (χ3v) is 3.81. The molecule has 11 N–H and O–H groups in total. The van der Waals surface area contributed by atoms with Crippen LogP contribution in [-0.2, 0) is 33.6 Å². The minimum absolute atomic E-state index is 0.419. The minimum Gasteiger partial charge on any atom is -0.481 e. The molecule has 5 amide bonds. The second kappa shape index (κ2) is 12.7. The van der Waals surface area contributed by atoms with Gasteiger partial charge in [0.15, 0.2) is 0 Å². The Balaban J connectivity index is 5.44. The molecule has 0 spiro atoms. The van der Waals surface area contributed by atoms with Crippen LogP contribution in [0.5, 0.6) is 0 Å². The van der Waals surface area contributed by atoms with Gasteiger partial charge in [0.05, 0.1) is 18.9 Å². The van der Waals surface area contributed by atoms with Crippen LogP contribution in [0.2, 0.25) is 0 Å². The molecule has 0 aliphatic heterocycles. The lowest BCUT2D eigenvalue weighted by Gasteiger charge is -2.23. The molecule has 0 aliphatic rings. The van der Waals surface area contributed by atoms with Crippen molar-refractivity contribution in [3.63, 3.8) is 0 Å². The normalized spacial score (nSPS) is 14.3. The monoisotopic (exact) mass is 446 g/mol. The number of carboxylic acid groups (broad SMARTS) is 2. The fourth-order valence-corrected chi connectivity index (χ4v) is 2.18. The van der Waals surface area contributed by atoms with Gasteiger partial charge in [-0.05, 0) is 13.3 Å². The Labute approximate surface area is 176 Å². The first-order chi connectivity index (χ1) is 14.2. The summed E-state index contributed by atoms with van der Waals surface area (Å²) in [6.45, 7) is 1.15. The predicted molar refractivity (Wildman–Crippen MR) is 102 cm³/mol.